The van der Waals surface area contributed by atoms with Crippen LogP contribution in [0.5, 0.6) is 0 Å². The van der Waals surface area contributed by atoms with E-state index in [1.54, 1.807) is 19.2 Å². The number of nitrogens with two attached hydrogens (primary N) is 1. The van der Waals surface area contributed by atoms with E-state index < -0.39 is 10.0 Å². The van der Waals surface area contributed by atoms with Gasteiger partial charge in [0, 0.05) is 18.8 Å². The highest BCUT2D eigenvalue weighted by molar-refractivity contribution is 7.89. The second-order valence-electron chi connectivity index (χ2n) is 4.30. The van der Waals surface area contributed by atoms with Crippen LogP contribution in [0.25, 0.3) is 0 Å². The minimum absolute atomic E-state index is 0.0254. The first-order valence-electron chi connectivity index (χ1n) is 5.64. The fourth-order valence-electron chi connectivity index (χ4n) is 1.44. The lowest BCUT2D eigenvalue weighted by Gasteiger charge is -2.23. The Kier molecular flexibility index (Phi) is 4.16. The van der Waals surface area contributed by atoms with Crippen LogP contribution in [0.1, 0.15) is 25.8 Å². The average molecular weight is 256 g/mol. The normalized spacial score (nSPS) is 13.9. The van der Waals surface area contributed by atoms with Gasteiger partial charge in [-0.1, -0.05) is 13.0 Å². The number of benzene rings is 1. The average Bonchev–Trinajstić information content (AvgIpc) is 2.30. The smallest absolute Gasteiger partial charge is 0.243 e. The fourth-order valence-corrected chi connectivity index (χ4v) is 2.91. The van der Waals surface area contributed by atoms with Crippen molar-refractivity contribution in [2.24, 2.45) is 0 Å². The van der Waals surface area contributed by atoms with Gasteiger partial charge in [-0.25, -0.2) is 8.42 Å². The Labute approximate surface area is 103 Å². The van der Waals surface area contributed by atoms with Crippen molar-refractivity contribution in [2.75, 3.05) is 12.8 Å². The summed E-state index contributed by atoms with van der Waals surface area (Å²) >= 11 is 0. The Morgan fingerprint density at radius 3 is 2.47 bits per heavy atom. The summed E-state index contributed by atoms with van der Waals surface area (Å²) in [5.41, 5.74) is 7.13. The zero-order valence-corrected chi connectivity index (χ0v) is 11.6. The quantitative estimate of drug-likeness (QED) is 0.838. The topological polar surface area (TPSA) is 63.4 Å². The van der Waals surface area contributed by atoms with E-state index in [2.05, 4.69) is 0 Å². The Morgan fingerprint density at radius 1 is 1.41 bits per heavy atom. The molecular formula is C12H20N2O2S. The number of hydrogen-bond acceptors (Lipinski definition) is 3. The van der Waals surface area contributed by atoms with Crippen LogP contribution in [0.15, 0.2) is 23.1 Å². The SMILES string of the molecule is CCC(C)N(C)S(=O)(=O)c1ccc(C)c(N)c1. The van der Waals surface area contributed by atoms with Crippen molar-refractivity contribution in [3.63, 3.8) is 0 Å². The lowest BCUT2D eigenvalue weighted by Crippen LogP contribution is -2.34. The molecule has 4 nitrogen and oxygen atoms in total. The third-order valence-corrected chi connectivity index (χ3v) is 5.11. The summed E-state index contributed by atoms with van der Waals surface area (Å²) in [6.07, 6.45) is 0.775. The van der Waals surface area contributed by atoms with Crippen molar-refractivity contribution >= 4 is 15.7 Å². The molecule has 1 atom stereocenters. The van der Waals surface area contributed by atoms with Crippen LogP contribution < -0.4 is 5.73 Å². The zero-order valence-electron chi connectivity index (χ0n) is 10.8. The molecule has 0 heterocycles. The molecule has 17 heavy (non-hydrogen) atoms. The molecular weight excluding hydrogens is 236 g/mol. The number of hydrogen-bond donors (Lipinski definition) is 1. The molecule has 0 aliphatic rings. The molecule has 0 aliphatic carbocycles. The minimum Gasteiger partial charge on any atom is -0.398 e. The Hall–Kier alpha value is -1.07. The highest BCUT2D eigenvalue weighted by atomic mass is 32.2. The number of nitrogens with zero attached hydrogens (tertiary/aromatic N) is 1. The highest BCUT2D eigenvalue weighted by Crippen LogP contribution is 2.21. The summed E-state index contributed by atoms with van der Waals surface area (Å²) < 4.78 is 25.9. The molecule has 1 rings (SSSR count). The molecule has 0 bridgehead atoms. The van der Waals surface area contributed by atoms with Gasteiger partial charge >= 0.3 is 0 Å². The number of anilines is 1. The zero-order chi connectivity index (χ0) is 13.2. The largest absolute Gasteiger partial charge is 0.398 e. The number of nitrogen functional groups attached to an aromatic ring is 1. The molecule has 5 heteroatoms. The van der Waals surface area contributed by atoms with Crippen LogP contribution in [0.4, 0.5) is 5.69 Å². The van der Waals surface area contributed by atoms with Gasteiger partial charge in [0.1, 0.15) is 0 Å². The first-order chi connectivity index (χ1) is 7.80. The van der Waals surface area contributed by atoms with Crippen LogP contribution in [-0.4, -0.2) is 25.8 Å². The number of rotatable bonds is 4. The molecule has 1 unspecified atom stereocenters. The molecule has 0 amide bonds. The molecule has 0 saturated heterocycles. The van der Waals surface area contributed by atoms with Gasteiger partial charge in [-0.2, -0.15) is 4.31 Å². The van der Waals surface area contributed by atoms with Gasteiger partial charge in [-0.15, -0.1) is 0 Å². The van der Waals surface area contributed by atoms with E-state index in [0.29, 0.717) is 5.69 Å². The molecule has 0 fully saturated rings. The summed E-state index contributed by atoms with van der Waals surface area (Å²) in [5.74, 6) is 0. The van der Waals surface area contributed by atoms with Crippen LogP contribution in [0.2, 0.25) is 0 Å². The maximum atomic E-state index is 12.3. The summed E-state index contributed by atoms with van der Waals surface area (Å²) in [7, 11) is -1.84. The number of sulfonamides is 1. The predicted octanol–water partition coefficient (Wildman–Crippen LogP) is 2.00. The molecule has 1 aromatic carbocycles. The van der Waals surface area contributed by atoms with E-state index in [4.69, 9.17) is 5.73 Å². The van der Waals surface area contributed by atoms with Gasteiger partial charge in [0.2, 0.25) is 10.0 Å². The summed E-state index contributed by atoms with van der Waals surface area (Å²) in [4.78, 5) is 0.253. The Morgan fingerprint density at radius 2 is 2.00 bits per heavy atom. The first kappa shape index (κ1) is 14.0. The minimum atomic E-state index is -3.44. The van der Waals surface area contributed by atoms with Gasteiger partial charge in [-0.3, -0.25) is 0 Å². The van der Waals surface area contributed by atoms with E-state index in [1.807, 2.05) is 20.8 Å². The van der Waals surface area contributed by atoms with Crippen LogP contribution in [0, 0.1) is 6.92 Å². The monoisotopic (exact) mass is 256 g/mol. The third kappa shape index (κ3) is 2.79. The van der Waals surface area contributed by atoms with Crippen molar-refractivity contribution in [1.29, 1.82) is 0 Å². The second kappa shape index (κ2) is 5.06. The molecule has 0 spiro atoms. The molecule has 1 aromatic rings. The van der Waals surface area contributed by atoms with E-state index >= 15 is 0 Å². The van der Waals surface area contributed by atoms with Crippen LogP contribution in [0.3, 0.4) is 0 Å². The lowest BCUT2D eigenvalue weighted by atomic mass is 10.2. The lowest BCUT2D eigenvalue weighted by molar-refractivity contribution is 0.380. The molecule has 0 saturated carbocycles. The molecule has 96 valence electrons. The molecule has 0 radical (unpaired) electrons. The van der Waals surface area contributed by atoms with E-state index in [1.165, 1.54) is 10.4 Å². The standard InChI is InChI=1S/C12H20N2O2S/c1-5-10(3)14(4)17(15,16)11-7-6-9(2)12(13)8-11/h6-8,10H,5,13H2,1-4H3. The highest BCUT2D eigenvalue weighted by Gasteiger charge is 2.24. The summed E-state index contributed by atoms with van der Waals surface area (Å²) in [6.45, 7) is 5.69. The third-order valence-electron chi connectivity index (χ3n) is 3.14. The second-order valence-corrected chi connectivity index (χ2v) is 6.29. The maximum Gasteiger partial charge on any atom is 0.243 e. The van der Waals surface area contributed by atoms with Crippen LogP contribution in [-0.2, 0) is 10.0 Å². The van der Waals surface area contributed by atoms with E-state index in [9.17, 15) is 8.42 Å². The van der Waals surface area contributed by atoms with Crippen molar-refractivity contribution < 1.29 is 8.42 Å². The first-order valence-corrected chi connectivity index (χ1v) is 7.08. The van der Waals surface area contributed by atoms with Crippen molar-refractivity contribution in [2.45, 2.75) is 38.1 Å². The Balaban J connectivity index is 3.17. The maximum absolute atomic E-state index is 12.3. The summed E-state index contributed by atoms with van der Waals surface area (Å²) in [5, 5.41) is 0. The van der Waals surface area contributed by atoms with Crippen molar-refractivity contribution in [1.82, 2.24) is 4.31 Å². The fraction of sp³-hybridized carbons (Fsp3) is 0.500. The van der Waals surface area contributed by atoms with E-state index in [0.717, 1.165) is 12.0 Å². The number of aryl methyl sites for hydroxylation is 1. The van der Waals surface area contributed by atoms with Gasteiger partial charge < -0.3 is 5.73 Å². The van der Waals surface area contributed by atoms with Crippen molar-refractivity contribution in [3.05, 3.63) is 23.8 Å². The van der Waals surface area contributed by atoms with Gasteiger partial charge in [0.25, 0.3) is 0 Å². The van der Waals surface area contributed by atoms with Crippen molar-refractivity contribution in [3.8, 4) is 0 Å². The Bertz CT molecular complexity index is 497. The van der Waals surface area contributed by atoms with Gasteiger partial charge in [-0.05, 0) is 38.0 Å². The summed E-state index contributed by atoms with van der Waals surface area (Å²) in [6, 6.07) is 4.82. The molecule has 0 aromatic heterocycles. The van der Waals surface area contributed by atoms with Gasteiger partial charge in [0.05, 0.1) is 4.90 Å². The van der Waals surface area contributed by atoms with Crippen LogP contribution >= 0.6 is 0 Å². The van der Waals surface area contributed by atoms with Gasteiger partial charge in [0.15, 0.2) is 0 Å². The molecule has 0 aliphatic heterocycles. The van der Waals surface area contributed by atoms with E-state index in [-0.39, 0.29) is 10.9 Å². The predicted molar refractivity (Wildman–Crippen MR) is 70.3 cm³/mol. The molecule has 2 N–H and O–H groups in total.